The highest BCUT2D eigenvalue weighted by Crippen LogP contribution is 2.39. The molecule has 1 aromatic carbocycles. The van der Waals surface area contributed by atoms with Crippen molar-refractivity contribution in [2.24, 2.45) is 0 Å². The zero-order valence-electron chi connectivity index (χ0n) is 12.3. The third kappa shape index (κ3) is 2.71. The van der Waals surface area contributed by atoms with Crippen molar-refractivity contribution >= 4 is 11.4 Å². The summed E-state index contributed by atoms with van der Waals surface area (Å²) in [5, 5.41) is 4.29. The Morgan fingerprint density at radius 2 is 2.05 bits per heavy atom. The quantitative estimate of drug-likeness (QED) is 0.822. The Hall–Kier alpha value is -2.17. The summed E-state index contributed by atoms with van der Waals surface area (Å²) >= 11 is 0. The molecule has 0 fully saturated rings. The number of hydrogen-bond acceptors (Lipinski definition) is 4. The number of benzene rings is 1. The van der Waals surface area contributed by atoms with E-state index in [1.54, 1.807) is 6.07 Å². The van der Waals surface area contributed by atoms with Gasteiger partial charge in [-0.3, -0.25) is 4.68 Å². The molecule has 1 heterocycles. The maximum absolute atomic E-state index is 6.09. The summed E-state index contributed by atoms with van der Waals surface area (Å²) in [6, 6.07) is 3.73. The molecule has 20 heavy (non-hydrogen) atoms. The first-order valence-corrected chi connectivity index (χ1v) is 6.94. The summed E-state index contributed by atoms with van der Waals surface area (Å²) in [6.07, 6.45) is 4.79. The molecule has 0 aliphatic rings. The Morgan fingerprint density at radius 3 is 2.65 bits per heavy atom. The van der Waals surface area contributed by atoms with Gasteiger partial charge in [-0.25, -0.2) is 0 Å². The molecule has 0 bridgehead atoms. The molecule has 0 spiro atoms. The molecule has 1 aromatic heterocycles. The van der Waals surface area contributed by atoms with Crippen molar-refractivity contribution in [3.63, 3.8) is 0 Å². The van der Waals surface area contributed by atoms with E-state index in [2.05, 4.69) is 12.0 Å². The summed E-state index contributed by atoms with van der Waals surface area (Å²) in [6.45, 7) is 6.96. The highest BCUT2D eigenvalue weighted by molar-refractivity contribution is 5.83. The molecule has 0 radical (unpaired) electrons. The highest BCUT2D eigenvalue weighted by atomic mass is 16.5. The first-order chi connectivity index (χ1) is 9.56. The van der Waals surface area contributed by atoms with Crippen LogP contribution in [0.2, 0.25) is 0 Å². The fourth-order valence-corrected chi connectivity index (χ4v) is 1.93. The van der Waals surface area contributed by atoms with Gasteiger partial charge < -0.3 is 16.2 Å². The first kappa shape index (κ1) is 14.2. The number of rotatable bonds is 5. The highest BCUT2D eigenvalue weighted by Gasteiger charge is 2.16. The molecule has 2 aromatic rings. The normalized spacial score (nSPS) is 12.3. The minimum Gasteiger partial charge on any atom is -0.488 e. The van der Waals surface area contributed by atoms with E-state index in [4.69, 9.17) is 16.2 Å². The van der Waals surface area contributed by atoms with Crippen LogP contribution in [-0.2, 0) is 6.54 Å². The second kappa shape index (κ2) is 5.86. The summed E-state index contributed by atoms with van der Waals surface area (Å²) in [4.78, 5) is 0. The monoisotopic (exact) mass is 274 g/mol. The van der Waals surface area contributed by atoms with Crippen LogP contribution in [0.5, 0.6) is 5.75 Å². The van der Waals surface area contributed by atoms with Crippen molar-refractivity contribution in [3.8, 4) is 16.9 Å². The Balaban J connectivity index is 2.48. The zero-order valence-corrected chi connectivity index (χ0v) is 12.3. The van der Waals surface area contributed by atoms with Crippen molar-refractivity contribution in [2.75, 3.05) is 11.5 Å². The Labute approximate surface area is 119 Å². The Morgan fingerprint density at radius 1 is 1.30 bits per heavy atom. The Kier molecular flexibility index (Phi) is 4.17. The van der Waals surface area contributed by atoms with E-state index in [1.165, 1.54) is 0 Å². The minimum absolute atomic E-state index is 0.0825. The van der Waals surface area contributed by atoms with E-state index >= 15 is 0 Å². The van der Waals surface area contributed by atoms with Gasteiger partial charge in [-0.05, 0) is 32.4 Å². The predicted molar refractivity (Wildman–Crippen MR) is 82.5 cm³/mol. The zero-order chi connectivity index (χ0) is 14.7. The average molecular weight is 274 g/mol. The molecular weight excluding hydrogens is 252 g/mol. The largest absolute Gasteiger partial charge is 0.488 e. The standard InChI is InChI=1S/C15H22N4O/c1-4-10(3)20-15-12(6-7-13(16)14(15)17)11-8-18-19(5-2)9-11/h6-10H,4-5,16-17H2,1-3H3. The van der Waals surface area contributed by atoms with E-state index in [9.17, 15) is 0 Å². The van der Waals surface area contributed by atoms with E-state index in [0.29, 0.717) is 17.1 Å². The smallest absolute Gasteiger partial charge is 0.152 e. The maximum Gasteiger partial charge on any atom is 0.152 e. The van der Waals surface area contributed by atoms with Crippen LogP contribution in [0, 0.1) is 0 Å². The number of nitrogens with two attached hydrogens (primary N) is 2. The lowest BCUT2D eigenvalue weighted by Gasteiger charge is -2.18. The molecule has 1 unspecified atom stereocenters. The van der Waals surface area contributed by atoms with Crippen LogP contribution in [0.25, 0.3) is 11.1 Å². The molecule has 0 aliphatic heterocycles. The number of aryl methyl sites for hydroxylation is 1. The van der Waals surface area contributed by atoms with Crippen LogP contribution in [-0.4, -0.2) is 15.9 Å². The number of aromatic nitrogens is 2. The van der Waals surface area contributed by atoms with Gasteiger partial charge in [-0.2, -0.15) is 5.10 Å². The van der Waals surface area contributed by atoms with Crippen molar-refractivity contribution in [3.05, 3.63) is 24.5 Å². The van der Waals surface area contributed by atoms with Gasteiger partial charge >= 0.3 is 0 Å². The van der Waals surface area contributed by atoms with E-state index in [1.807, 2.05) is 37.0 Å². The van der Waals surface area contributed by atoms with Crippen LogP contribution in [0.1, 0.15) is 27.2 Å². The van der Waals surface area contributed by atoms with Gasteiger partial charge in [0.2, 0.25) is 0 Å². The average Bonchev–Trinajstić information content (AvgIpc) is 2.92. The topological polar surface area (TPSA) is 79.1 Å². The third-order valence-electron chi connectivity index (χ3n) is 3.39. The van der Waals surface area contributed by atoms with Gasteiger partial charge in [0.05, 0.1) is 23.7 Å². The van der Waals surface area contributed by atoms with Crippen LogP contribution < -0.4 is 16.2 Å². The molecular formula is C15H22N4O. The van der Waals surface area contributed by atoms with Gasteiger partial charge in [-0.15, -0.1) is 0 Å². The van der Waals surface area contributed by atoms with Crippen LogP contribution in [0.15, 0.2) is 24.5 Å². The van der Waals surface area contributed by atoms with Gasteiger partial charge in [0.1, 0.15) is 0 Å². The van der Waals surface area contributed by atoms with Crippen molar-refractivity contribution in [1.82, 2.24) is 9.78 Å². The number of ether oxygens (including phenoxy) is 1. The summed E-state index contributed by atoms with van der Waals surface area (Å²) in [7, 11) is 0. The van der Waals surface area contributed by atoms with E-state index in [0.717, 1.165) is 24.1 Å². The van der Waals surface area contributed by atoms with Gasteiger partial charge in [0, 0.05) is 23.9 Å². The lowest BCUT2D eigenvalue weighted by molar-refractivity contribution is 0.220. The molecule has 0 saturated carbocycles. The van der Waals surface area contributed by atoms with Crippen molar-refractivity contribution in [2.45, 2.75) is 39.8 Å². The van der Waals surface area contributed by atoms with E-state index in [-0.39, 0.29) is 6.10 Å². The molecule has 0 aliphatic carbocycles. The molecule has 0 saturated heterocycles. The van der Waals surface area contributed by atoms with Gasteiger partial charge in [-0.1, -0.05) is 6.92 Å². The summed E-state index contributed by atoms with van der Waals surface area (Å²) < 4.78 is 7.83. The molecule has 1 atom stereocenters. The van der Waals surface area contributed by atoms with Gasteiger partial charge in [0.15, 0.2) is 5.75 Å². The fraction of sp³-hybridized carbons (Fsp3) is 0.400. The van der Waals surface area contributed by atoms with Crippen molar-refractivity contribution in [1.29, 1.82) is 0 Å². The van der Waals surface area contributed by atoms with Gasteiger partial charge in [0.25, 0.3) is 0 Å². The van der Waals surface area contributed by atoms with Crippen LogP contribution >= 0.6 is 0 Å². The molecule has 108 valence electrons. The summed E-state index contributed by atoms with van der Waals surface area (Å²) in [5.41, 5.74) is 14.9. The molecule has 0 amide bonds. The lowest BCUT2D eigenvalue weighted by Crippen LogP contribution is -2.12. The third-order valence-corrected chi connectivity index (χ3v) is 3.39. The predicted octanol–water partition coefficient (Wildman–Crippen LogP) is 2.91. The molecule has 2 rings (SSSR count). The number of hydrogen-bond donors (Lipinski definition) is 2. The number of nitrogen functional groups attached to an aromatic ring is 2. The first-order valence-electron chi connectivity index (χ1n) is 6.94. The number of nitrogens with zero attached hydrogens (tertiary/aromatic N) is 2. The van der Waals surface area contributed by atoms with E-state index < -0.39 is 0 Å². The Bertz CT molecular complexity index is 592. The summed E-state index contributed by atoms with van der Waals surface area (Å²) in [5.74, 6) is 0.648. The maximum atomic E-state index is 6.09. The minimum atomic E-state index is 0.0825. The molecule has 4 N–H and O–H groups in total. The number of anilines is 2. The van der Waals surface area contributed by atoms with Crippen LogP contribution in [0.4, 0.5) is 11.4 Å². The molecule has 5 nitrogen and oxygen atoms in total. The SMILES string of the molecule is CCC(C)Oc1c(-c2cnn(CC)c2)ccc(N)c1N. The lowest BCUT2D eigenvalue weighted by atomic mass is 10.1. The fourth-order valence-electron chi connectivity index (χ4n) is 1.93. The molecule has 5 heteroatoms. The second-order valence-electron chi connectivity index (χ2n) is 4.87. The van der Waals surface area contributed by atoms with Crippen molar-refractivity contribution < 1.29 is 4.74 Å². The van der Waals surface area contributed by atoms with Crippen LogP contribution in [0.3, 0.4) is 0 Å². The second-order valence-corrected chi connectivity index (χ2v) is 4.87.